The number of piperidine rings is 1. The maximum absolute atomic E-state index is 4.65. The van der Waals surface area contributed by atoms with Crippen LogP contribution in [0.3, 0.4) is 0 Å². The van der Waals surface area contributed by atoms with Crippen molar-refractivity contribution in [3.8, 4) is 0 Å². The van der Waals surface area contributed by atoms with Crippen molar-refractivity contribution in [3.63, 3.8) is 0 Å². The summed E-state index contributed by atoms with van der Waals surface area (Å²) < 4.78 is 2.13. The largest absolute Gasteiger partial charge is 0.356 e. The van der Waals surface area contributed by atoms with E-state index in [0.29, 0.717) is 6.04 Å². The smallest absolute Gasteiger partial charge is 0.132 e. The highest BCUT2D eigenvalue weighted by molar-refractivity contribution is 5.40. The number of imidazole rings is 1. The van der Waals surface area contributed by atoms with Gasteiger partial charge in [-0.05, 0) is 39.2 Å². The van der Waals surface area contributed by atoms with E-state index in [1.807, 2.05) is 25.6 Å². The Morgan fingerprint density at radius 3 is 2.80 bits per heavy atom. The molecule has 0 saturated carbocycles. The average molecular weight is 342 g/mol. The highest BCUT2D eigenvalue weighted by Gasteiger charge is 2.20. The molecule has 6 heteroatoms. The van der Waals surface area contributed by atoms with Gasteiger partial charge >= 0.3 is 0 Å². The van der Waals surface area contributed by atoms with Crippen LogP contribution in [0.15, 0.2) is 24.8 Å². The molecule has 1 saturated heterocycles. The van der Waals surface area contributed by atoms with E-state index in [0.717, 1.165) is 57.1 Å². The van der Waals surface area contributed by atoms with Crippen LogP contribution < -0.4 is 10.2 Å². The predicted octanol–water partition coefficient (Wildman–Crippen LogP) is 2.58. The minimum atomic E-state index is 0.622. The van der Waals surface area contributed by atoms with Crippen LogP contribution in [-0.4, -0.2) is 45.2 Å². The van der Waals surface area contributed by atoms with Gasteiger partial charge in [0.15, 0.2) is 0 Å². The zero-order valence-corrected chi connectivity index (χ0v) is 15.5. The monoisotopic (exact) mass is 342 g/mol. The summed E-state index contributed by atoms with van der Waals surface area (Å²) in [5.74, 6) is 2.00. The fourth-order valence-electron chi connectivity index (χ4n) is 3.46. The molecule has 0 unspecified atom stereocenters. The minimum absolute atomic E-state index is 0.622. The van der Waals surface area contributed by atoms with Crippen molar-refractivity contribution in [1.82, 2.24) is 24.8 Å². The molecule has 1 fully saturated rings. The first-order chi connectivity index (χ1) is 12.2. The fraction of sp³-hybridized carbons (Fsp3) is 0.632. The predicted molar refractivity (Wildman–Crippen MR) is 101 cm³/mol. The zero-order chi connectivity index (χ0) is 17.5. The van der Waals surface area contributed by atoms with Crippen molar-refractivity contribution in [3.05, 3.63) is 36.3 Å². The van der Waals surface area contributed by atoms with Crippen molar-refractivity contribution in [1.29, 1.82) is 0 Å². The molecule has 1 aliphatic rings. The van der Waals surface area contributed by atoms with Crippen molar-refractivity contribution in [2.75, 3.05) is 24.5 Å². The summed E-state index contributed by atoms with van der Waals surface area (Å²) in [7, 11) is 0. The first kappa shape index (κ1) is 17.9. The van der Waals surface area contributed by atoms with E-state index in [2.05, 4.69) is 42.7 Å². The molecule has 3 heterocycles. The van der Waals surface area contributed by atoms with Crippen LogP contribution in [0, 0.1) is 6.92 Å². The molecular weight excluding hydrogens is 312 g/mol. The van der Waals surface area contributed by atoms with Crippen molar-refractivity contribution >= 4 is 5.82 Å². The summed E-state index contributed by atoms with van der Waals surface area (Å²) in [5.41, 5.74) is 1.17. The molecule has 0 spiro atoms. The lowest BCUT2D eigenvalue weighted by Crippen LogP contribution is -2.43. The number of anilines is 1. The summed E-state index contributed by atoms with van der Waals surface area (Å²) >= 11 is 0. The Kier molecular flexibility index (Phi) is 6.39. The third kappa shape index (κ3) is 5.26. The lowest BCUT2D eigenvalue weighted by Gasteiger charge is -2.33. The first-order valence-electron chi connectivity index (χ1n) is 9.53. The molecule has 1 aliphatic heterocycles. The maximum atomic E-state index is 4.65. The summed E-state index contributed by atoms with van der Waals surface area (Å²) in [6, 6.07) is 2.80. The van der Waals surface area contributed by atoms with Crippen molar-refractivity contribution in [2.45, 2.75) is 58.5 Å². The van der Waals surface area contributed by atoms with Gasteiger partial charge in [-0.2, -0.15) is 0 Å². The van der Waals surface area contributed by atoms with E-state index in [1.54, 1.807) is 0 Å². The minimum Gasteiger partial charge on any atom is -0.356 e. The van der Waals surface area contributed by atoms with Crippen molar-refractivity contribution in [2.24, 2.45) is 0 Å². The van der Waals surface area contributed by atoms with Gasteiger partial charge in [0.1, 0.15) is 11.6 Å². The number of hydrogen-bond donors (Lipinski definition) is 1. The van der Waals surface area contributed by atoms with Crippen LogP contribution in [-0.2, 0) is 13.0 Å². The van der Waals surface area contributed by atoms with Gasteiger partial charge < -0.3 is 14.8 Å². The van der Waals surface area contributed by atoms with E-state index >= 15 is 0 Å². The molecule has 2 aromatic rings. The Labute approximate surface area is 150 Å². The normalized spacial score (nSPS) is 15.7. The zero-order valence-electron chi connectivity index (χ0n) is 15.5. The van der Waals surface area contributed by atoms with Crippen LogP contribution in [0.25, 0.3) is 0 Å². The molecule has 2 aromatic heterocycles. The molecular formula is C19H30N6. The van der Waals surface area contributed by atoms with E-state index < -0.39 is 0 Å². The van der Waals surface area contributed by atoms with Gasteiger partial charge in [-0.15, -0.1) is 0 Å². The fourth-order valence-corrected chi connectivity index (χ4v) is 3.46. The van der Waals surface area contributed by atoms with Crippen LogP contribution in [0.1, 0.15) is 44.1 Å². The van der Waals surface area contributed by atoms with Gasteiger partial charge in [-0.3, -0.25) is 0 Å². The number of rotatable bonds is 8. The van der Waals surface area contributed by atoms with Gasteiger partial charge in [0, 0.05) is 49.8 Å². The highest BCUT2D eigenvalue weighted by atomic mass is 15.2. The molecule has 0 aliphatic carbocycles. The third-order valence-corrected chi connectivity index (χ3v) is 4.79. The molecule has 0 amide bonds. The lowest BCUT2D eigenvalue weighted by atomic mass is 10.0. The lowest BCUT2D eigenvalue weighted by molar-refractivity contribution is 0.406. The molecule has 25 heavy (non-hydrogen) atoms. The molecule has 1 N–H and O–H groups in total. The van der Waals surface area contributed by atoms with Crippen LogP contribution >= 0.6 is 0 Å². The number of aryl methyl sites for hydroxylation is 3. The van der Waals surface area contributed by atoms with Crippen LogP contribution in [0.2, 0.25) is 0 Å². The van der Waals surface area contributed by atoms with Crippen LogP contribution in [0.4, 0.5) is 5.82 Å². The Bertz CT molecular complexity index is 631. The number of nitrogens with zero attached hydrogens (tertiary/aromatic N) is 5. The Morgan fingerprint density at radius 2 is 2.08 bits per heavy atom. The number of aromatic nitrogens is 4. The molecule has 0 bridgehead atoms. The Balaban J connectivity index is 1.42. The maximum Gasteiger partial charge on any atom is 0.132 e. The molecule has 3 rings (SSSR count). The van der Waals surface area contributed by atoms with E-state index in [-0.39, 0.29) is 0 Å². The standard InChI is InChI=1S/C19H30N6/c1-3-5-18-14-19(23-16(2)22-18)25-11-6-17(7-12-25)21-8-4-10-24-13-9-20-15-24/h9,13-15,17,21H,3-8,10-12H2,1-2H3. The topological polar surface area (TPSA) is 58.9 Å². The second-order valence-corrected chi connectivity index (χ2v) is 6.88. The number of nitrogens with one attached hydrogen (secondary N) is 1. The first-order valence-corrected chi connectivity index (χ1v) is 9.53. The SMILES string of the molecule is CCCc1cc(N2CCC(NCCCn3ccnc3)CC2)nc(C)n1. The van der Waals surface area contributed by atoms with Gasteiger partial charge in [0.2, 0.25) is 0 Å². The summed E-state index contributed by atoms with van der Waals surface area (Å²) in [6.45, 7) is 8.43. The number of hydrogen-bond acceptors (Lipinski definition) is 5. The second-order valence-electron chi connectivity index (χ2n) is 6.88. The molecule has 0 atom stereocenters. The molecule has 0 aromatic carbocycles. The third-order valence-electron chi connectivity index (χ3n) is 4.79. The second kappa shape index (κ2) is 8.94. The van der Waals surface area contributed by atoms with E-state index in [9.17, 15) is 0 Å². The quantitative estimate of drug-likeness (QED) is 0.747. The van der Waals surface area contributed by atoms with Crippen LogP contribution in [0.5, 0.6) is 0 Å². The van der Waals surface area contributed by atoms with E-state index in [4.69, 9.17) is 0 Å². The van der Waals surface area contributed by atoms with Crippen molar-refractivity contribution < 1.29 is 0 Å². The Morgan fingerprint density at radius 1 is 1.24 bits per heavy atom. The molecule has 136 valence electrons. The van der Waals surface area contributed by atoms with E-state index in [1.165, 1.54) is 18.5 Å². The highest BCUT2D eigenvalue weighted by Crippen LogP contribution is 2.19. The summed E-state index contributed by atoms with van der Waals surface area (Å²) in [5, 5.41) is 3.71. The summed E-state index contributed by atoms with van der Waals surface area (Å²) in [6.07, 6.45) is 11.4. The Hall–Kier alpha value is -1.95. The van der Waals surface area contributed by atoms with Gasteiger partial charge in [0.25, 0.3) is 0 Å². The molecule has 0 radical (unpaired) electrons. The van der Waals surface area contributed by atoms with Gasteiger partial charge in [-0.25, -0.2) is 15.0 Å². The van der Waals surface area contributed by atoms with Gasteiger partial charge in [0.05, 0.1) is 6.33 Å². The summed E-state index contributed by atoms with van der Waals surface area (Å²) in [4.78, 5) is 15.7. The average Bonchev–Trinajstić information content (AvgIpc) is 3.12. The molecule has 6 nitrogen and oxygen atoms in total. The van der Waals surface area contributed by atoms with Gasteiger partial charge in [-0.1, -0.05) is 13.3 Å².